The summed E-state index contributed by atoms with van der Waals surface area (Å²) in [5.41, 5.74) is 0. The van der Waals surface area contributed by atoms with Crippen LogP contribution in [0.2, 0.25) is 0 Å². The van der Waals surface area contributed by atoms with Crippen molar-refractivity contribution in [2.24, 2.45) is 0 Å². The van der Waals surface area contributed by atoms with Gasteiger partial charge in [-0.15, -0.1) is 0 Å². The van der Waals surface area contributed by atoms with Crippen molar-refractivity contribution < 1.29 is 50.3 Å². The number of aliphatic hydroxyl groups is 2. The van der Waals surface area contributed by atoms with Crippen molar-refractivity contribution in [3.8, 4) is 0 Å². The van der Waals surface area contributed by atoms with Crippen molar-refractivity contribution in [1.29, 1.82) is 0 Å². The Hall–Kier alpha value is 0.379. The second-order valence-electron chi connectivity index (χ2n) is 1.57. The molecule has 1 radical (unpaired) electrons. The second kappa shape index (κ2) is 8.00. The maximum absolute atomic E-state index is 9.77. The summed E-state index contributed by atoms with van der Waals surface area (Å²) in [4.78, 5) is 19.5. The van der Waals surface area contributed by atoms with Crippen LogP contribution in [-0.2, 0) is 9.59 Å². The minimum Gasteiger partial charge on any atom is -1.00 e. The van der Waals surface area contributed by atoms with Crippen LogP contribution in [0.15, 0.2) is 0 Å². The molecule has 2 unspecified atom stereocenters. The summed E-state index contributed by atoms with van der Waals surface area (Å²) in [5.74, 6) is -3.54. The molecule has 0 aliphatic carbocycles. The van der Waals surface area contributed by atoms with E-state index in [1.807, 2.05) is 0 Å². The number of carbonyl (C=O) groups is 2. The van der Waals surface area contributed by atoms with Gasteiger partial charge in [0.15, 0.2) is 12.2 Å². The Bertz CT molecular complexity index is 149. The average Bonchev–Trinajstić information content (AvgIpc) is 1.84. The zero-order valence-corrected chi connectivity index (χ0v) is 10.8. The topological polar surface area (TPSA) is 115 Å². The first kappa shape index (κ1) is 18.2. The minimum atomic E-state index is -2.27. The van der Waals surface area contributed by atoms with Crippen LogP contribution < -0.4 is 18.9 Å². The Morgan fingerprint density at radius 2 is 1.17 bits per heavy atom. The Balaban J connectivity index is -0.000000135. The normalized spacial score (nSPS) is 13.2. The van der Waals surface area contributed by atoms with Crippen LogP contribution in [0.25, 0.3) is 0 Å². The zero-order chi connectivity index (χ0) is 8.31. The number of carboxylic acid groups (broad SMARTS) is 2. The fourth-order valence-corrected chi connectivity index (χ4v) is 0.270. The molecule has 12 heavy (non-hydrogen) atoms. The summed E-state index contributed by atoms with van der Waals surface area (Å²) in [6, 6.07) is 0. The molecule has 0 spiro atoms. The molecule has 0 rings (SSSR count). The van der Waals surface area contributed by atoms with E-state index < -0.39 is 24.1 Å². The Morgan fingerprint density at radius 1 is 1.00 bits per heavy atom. The predicted octanol–water partition coefficient (Wildman–Crippen LogP) is -5.39. The molecule has 0 heterocycles. The van der Waals surface area contributed by atoms with Gasteiger partial charge in [0.2, 0.25) is 0 Å². The molecule has 0 aliphatic heterocycles. The van der Waals surface area contributed by atoms with Crippen LogP contribution >= 0.6 is 0 Å². The summed E-state index contributed by atoms with van der Waals surface area (Å²) in [7, 11) is 0. The van der Waals surface area contributed by atoms with E-state index in [2.05, 4.69) is 0 Å². The molecule has 0 aromatic carbocycles. The molecule has 2 atom stereocenters. The quantitative estimate of drug-likeness (QED) is 0.373. The number of aliphatic carboxylic acids is 2. The van der Waals surface area contributed by atoms with E-state index in [4.69, 9.17) is 20.4 Å². The fourth-order valence-electron chi connectivity index (χ4n) is 0.270. The summed E-state index contributed by atoms with van der Waals surface area (Å²) >= 11 is 0. The van der Waals surface area contributed by atoms with Crippen LogP contribution in [-0.4, -0.2) is 71.9 Å². The van der Waals surface area contributed by atoms with E-state index in [-0.39, 0.29) is 47.6 Å². The number of carboxylic acids is 2. The summed E-state index contributed by atoms with van der Waals surface area (Å²) in [6.07, 6.45) is -4.53. The van der Waals surface area contributed by atoms with E-state index in [0.29, 0.717) is 0 Å². The Kier molecular flexibility index (Phi) is 12.1. The standard InChI is InChI=1S/C4H6O6.Li.Tl.H/c5-1(3(7)8)2(6)4(9)10;;;/h1-2,5-6H,(H,7,8)(H,9,10);;;/q;+1;;-1. The van der Waals surface area contributed by atoms with Crippen molar-refractivity contribution in [1.82, 2.24) is 0 Å². The third-order valence-electron chi connectivity index (χ3n) is 0.805. The van der Waals surface area contributed by atoms with E-state index >= 15 is 0 Å². The van der Waals surface area contributed by atoms with E-state index in [9.17, 15) is 9.59 Å². The van der Waals surface area contributed by atoms with Gasteiger partial charge in [0.1, 0.15) is 0 Å². The molecular weight excluding hydrogens is 355 g/mol. The van der Waals surface area contributed by atoms with Crippen LogP contribution in [0, 0.1) is 0 Å². The van der Waals surface area contributed by atoms with Crippen molar-refractivity contribution in [2.75, 3.05) is 0 Å². The van der Waals surface area contributed by atoms with Crippen molar-refractivity contribution in [3.05, 3.63) is 0 Å². The smallest absolute Gasteiger partial charge is 1.00 e. The molecule has 63 valence electrons. The van der Waals surface area contributed by atoms with Crippen molar-refractivity contribution in [2.45, 2.75) is 12.2 Å². The van der Waals surface area contributed by atoms with Gasteiger partial charge in [-0.2, -0.15) is 0 Å². The third-order valence-corrected chi connectivity index (χ3v) is 0.805. The second-order valence-corrected chi connectivity index (χ2v) is 1.57. The molecule has 0 aromatic rings. The SMILES string of the molecule is O=C(O)C(O)C(O)C(=O)O.[H-].[Li+].[Tl]. The van der Waals surface area contributed by atoms with E-state index in [1.54, 1.807) is 0 Å². The van der Waals surface area contributed by atoms with Crippen LogP contribution in [0.5, 0.6) is 0 Å². The first-order valence-corrected chi connectivity index (χ1v) is 2.28. The molecule has 4 N–H and O–H groups in total. The van der Waals surface area contributed by atoms with Gasteiger partial charge >= 0.3 is 30.8 Å². The molecule has 8 heteroatoms. The van der Waals surface area contributed by atoms with Gasteiger partial charge < -0.3 is 21.9 Å². The molecule has 0 bridgehead atoms. The fraction of sp³-hybridized carbons (Fsp3) is 0.500. The summed E-state index contributed by atoms with van der Waals surface area (Å²) in [6.45, 7) is 0. The molecule has 6 nitrogen and oxygen atoms in total. The van der Waals surface area contributed by atoms with Crippen molar-refractivity contribution in [3.63, 3.8) is 0 Å². The van der Waals surface area contributed by atoms with Gasteiger partial charge in [-0.25, -0.2) is 9.59 Å². The first-order valence-electron chi connectivity index (χ1n) is 2.28. The monoisotopic (exact) mass is 363 g/mol. The molecule has 0 aliphatic rings. The van der Waals surface area contributed by atoms with Gasteiger partial charge in [0.25, 0.3) is 0 Å². The Labute approximate surface area is 101 Å². The van der Waals surface area contributed by atoms with Crippen molar-refractivity contribution >= 4 is 39.2 Å². The number of aliphatic hydroxyl groups excluding tert-OH is 2. The molecule has 0 amide bonds. The minimum absolute atomic E-state index is 0. The number of rotatable bonds is 3. The first-order chi connectivity index (χ1) is 4.46. The predicted molar refractivity (Wildman–Crippen MR) is 34.2 cm³/mol. The summed E-state index contributed by atoms with van der Waals surface area (Å²) < 4.78 is 0. The van der Waals surface area contributed by atoms with Gasteiger partial charge in [-0.1, -0.05) is 0 Å². The van der Waals surface area contributed by atoms with Crippen LogP contribution in [0.4, 0.5) is 0 Å². The van der Waals surface area contributed by atoms with Crippen LogP contribution in [0.3, 0.4) is 0 Å². The molecule has 0 saturated heterocycles. The maximum atomic E-state index is 9.77. The largest absolute Gasteiger partial charge is 1.00 e. The third kappa shape index (κ3) is 5.96. The maximum Gasteiger partial charge on any atom is 1.00 e. The molecular formula is C4H7LiO6Tl. The molecule has 0 aromatic heterocycles. The van der Waals surface area contributed by atoms with Crippen LogP contribution in [0.1, 0.15) is 1.43 Å². The van der Waals surface area contributed by atoms with Gasteiger partial charge in [0.05, 0.1) is 0 Å². The summed E-state index contributed by atoms with van der Waals surface area (Å²) in [5, 5.41) is 32.5. The van der Waals surface area contributed by atoms with E-state index in [0.717, 1.165) is 0 Å². The average molecular weight is 362 g/mol. The van der Waals surface area contributed by atoms with Gasteiger partial charge in [-0.3, -0.25) is 0 Å². The molecule has 0 fully saturated rings. The Morgan fingerprint density at radius 3 is 1.25 bits per heavy atom. The van der Waals surface area contributed by atoms with E-state index in [1.165, 1.54) is 0 Å². The zero-order valence-electron chi connectivity index (χ0n) is 7.34. The van der Waals surface area contributed by atoms with Gasteiger partial charge in [-0.05, 0) is 0 Å². The number of hydrogen-bond acceptors (Lipinski definition) is 4. The molecule has 0 saturated carbocycles. The van der Waals surface area contributed by atoms with Gasteiger partial charge in [0, 0.05) is 27.3 Å². The number of hydrogen-bond donors (Lipinski definition) is 4.